The number of hydrogen-bond acceptors (Lipinski definition) is 4. The SMILES string of the molecule is CC(C)Oc1ccccc1C(=O)NNC(=O)CCCOc1ccc(Cl)cc1Cl. The third-order valence-electron chi connectivity index (χ3n) is 3.51. The lowest BCUT2D eigenvalue weighted by Gasteiger charge is -2.14. The molecule has 0 saturated heterocycles. The Hall–Kier alpha value is -2.44. The molecule has 6 nitrogen and oxygen atoms in total. The van der Waals surface area contributed by atoms with Crippen LogP contribution in [0.1, 0.15) is 37.0 Å². The highest BCUT2D eigenvalue weighted by Crippen LogP contribution is 2.27. The molecule has 0 aliphatic rings. The predicted molar refractivity (Wildman–Crippen MR) is 109 cm³/mol. The number of hydrazine groups is 1. The molecular formula is C20H22Cl2N2O4. The van der Waals surface area contributed by atoms with Crippen LogP contribution in [0.3, 0.4) is 0 Å². The van der Waals surface area contributed by atoms with E-state index in [0.717, 1.165) is 0 Å². The Kier molecular flexibility index (Phi) is 8.42. The topological polar surface area (TPSA) is 76.7 Å². The number of halogens is 2. The highest BCUT2D eigenvalue weighted by Gasteiger charge is 2.13. The summed E-state index contributed by atoms with van der Waals surface area (Å²) in [5, 5.41) is 0.930. The lowest BCUT2D eigenvalue weighted by molar-refractivity contribution is -0.122. The summed E-state index contributed by atoms with van der Waals surface area (Å²) < 4.78 is 11.1. The lowest BCUT2D eigenvalue weighted by Crippen LogP contribution is -2.41. The Balaban J connectivity index is 1.74. The average molecular weight is 425 g/mol. The van der Waals surface area contributed by atoms with Crippen molar-refractivity contribution in [2.24, 2.45) is 0 Å². The first-order chi connectivity index (χ1) is 13.4. The van der Waals surface area contributed by atoms with Crippen LogP contribution in [-0.2, 0) is 4.79 Å². The maximum Gasteiger partial charge on any atom is 0.273 e. The van der Waals surface area contributed by atoms with E-state index in [2.05, 4.69) is 10.9 Å². The molecule has 0 saturated carbocycles. The van der Waals surface area contributed by atoms with Gasteiger partial charge in [0.05, 0.1) is 23.3 Å². The normalized spacial score (nSPS) is 10.5. The molecule has 0 aliphatic carbocycles. The van der Waals surface area contributed by atoms with Crippen LogP contribution in [0.5, 0.6) is 11.5 Å². The van der Waals surface area contributed by atoms with Gasteiger partial charge >= 0.3 is 0 Å². The van der Waals surface area contributed by atoms with E-state index in [1.807, 2.05) is 13.8 Å². The van der Waals surface area contributed by atoms with Gasteiger partial charge in [-0.1, -0.05) is 35.3 Å². The van der Waals surface area contributed by atoms with Gasteiger partial charge in [0.15, 0.2) is 0 Å². The second kappa shape index (κ2) is 10.8. The highest BCUT2D eigenvalue weighted by molar-refractivity contribution is 6.35. The fourth-order valence-corrected chi connectivity index (χ4v) is 2.74. The maximum absolute atomic E-state index is 12.3. The van der Waals surface area contributed by atoms with Crippen LogP contribution in [0, 0.1) is 0 Å². The molecule has 150 valence electrons. The van der Waals surface area contributed by atoms with Crippen LogP contribution in [0.15, 0.2) is 42.5 Å². The van der Waals surface area contributed by atoms with Crippen molar-refractivity contribution in [3.8, 4) is 11.5 Å². The summed E-state index contributed by atoms with van der Waals surface area (Å²) in [6, 6.07) is 11.8. The molecule has 8 heteroatoms. The highest BCUT2D eigenvalue weighted by atomic mass is 35.5. The number of nitrogens with one attached hydrogen (secondary N) is 2. The molecule has 0 bridgehead atoms. The molecular weight excluding hydrogens is 403 g/mol. The van der Waals surface area contributed by atoms with Gasteiger partial charge in [0, 0.05) is 11.4 Å². The molecule has 0 aliphatic heterocycles. The number of hydrogen-bond donors (Lipinski definition) is 2. The van der Waals surface area contributed by atoms with Crippen molar-refractivity contribution < 1.29 is 19.1 Å². The summed E-state index contributed by atoms with van der Waals surface area (Å²) in [7, 11) is 0. The Labute approximate surface area is 174 Å². The number of carbonyl (C=O) groups excluding carboxylic acids is 2. The molecule has 0 unspecified atom stereocenters. The van der Waals surface area contributed by atoms with Gasteiger partial charge in [0.25, 0.3) is 5.91 Å². The third-order valence-corrected chi connectivity index (χ3v) is 4.04. The van der Waals surface area contributed by atoms with Crippen molar-refractivity contribution in [2.75, 3.05) is 6.61 Å². The smallest absolute Gasteiger partial charge is 0.273 e. The molecule has 2 N–H and O–H groups in total. The summed E-state index contributed by atoms with van der Waals surface area (Å²) in [6.45, 7) is 4.04. The minimum atomic E-state index is -0.450. The number of rotatable bonds is 8. The maximum atomic E-state index is 12.3. The number of para-hydroxylation sites is 1. The van der Waals surface area contributed by atoms with Gasteiger partial charge in [-0.25, -0.2) is 0 Å². The quantitative estimate of drug-likeness (QED) is 0.486. The van der Waals surface area contributed by atoms with E-state index in [4.69, 9.17) is 32.7 Å². The zero-order valence-corrected chi connectivity index (χ0v) is 17.1. The van der Waals surface area contributed by atoms with E-state index in [-0.39, 0.29) is 18.4 Å². The van der Waals surface area contributed by atoms with Crippen LogP contribution in [0.2, 0.25) is 10.0 Å². The van der Waals surface area contributed by atoms with E-state index in [1.165, 1.54) is 0 Å². The van der Waals surface area contributed by atoms with E-state index >= 15 is 0 Å². The van der Waals surface area contributed by atoms with Crippen LogP contribution in [0.25, 0.3) is 0 Å². The van der Waals surface area contributed by atoms with Gasteiger partial charge in [0.1, 0.15) is 11.5 Å². The minimum absolute atomic E-state index is 0.0716. The van der Waals surface area contributed by atoms with Crippen molar-refractivity contribution >= 4 is 35.0 Å². The monoisotopic (exact) mass is 424 g/mol. The first kappa shape index (κ1) is 21.9. The molecule has 2 amide bonds. The third kappa shape index (κ3) is 6.94. The fourth-order valence-electron chi connectivity index (χ4n) is 2.27. The van der Waals surface area contributed by atoms with Gasteiger partial charge in [-0.05, 0) is 50.6 Å². The summed E-state index contributed by atoms with van der Waals surface area (Å²) in [4.78, 5) is 24.2. The van der Waals surface area contributed by atoms with Gasteiger partial charge in [-0.15, -0.1) is 0 Å². The van der Waals surface area contributed by atoms with Crippen molar-refractivity contribution in [1.82, 2.24) is 10.9 Å². The number of carbonyl (C=O) groups is 2. The first-order valence-electron chi connectivity index (χ1n) is 8.79. The Morgan fingerprint density at radius 2 is 1.79 bits per heavy atom. The van der Waals surface area contributed by atoms with Gasteiger partial charge in [-0.3, -0.25) is 20.4 Å². The molecule has 0 fully saturated rings. The Bertz CT molecular complexity index is 828. The zero-order valence-electron chi connectivity index (χ0n) is 15.6. The molecule has 2 aromatic carbocycles. The number of amides is 2. The van der Waals surface area contributed by atoms with Gasteiger partial charge in [0.2, 0.25) is 5.91 Å². The lowest BCUT2D eigenvalue weighted by atomic mass is 10.2. The summed E-state index contributed by atoms with van der Waals surface area (Å²) in [5.74, 6) is 0.175. The van der Waals surface area contributed by atoms with Crippen LogP contribution in [0.4, 0.5) is 0 Å². The van der Waals surface area contributed by atoms with Crippen molar-refractivity contribution in [3.63, 3.8) is 0 Å². The van der Waals surface area contributed by atoms with Crippen molar-refractivity contribution in [1.29, 1.82) is 0 Å². The van der Waals surface area contributed by atoms with E-state index in [9.17, 15) is 9.59 Å². The molecule has 28 heavy (non-hydrogen) atoms. The second-order valence-corrected chi connectivity index (χ2v) is 7.04. The van der Waals surface area contributed by atoms with E-state index in [1.54, 1.807) is 42.5 Å². The molecule has 2 aromatic rings. The van der Waals surface area contributed by atoms with Gasteiger partial charge in [-0.2, -0.15) is 0 Å². The van der Waals surface area contributed by atoms with Crippen LogP contribution >= 0.6 is 23.2 Å². The molecule has 0 aromatic heterocycles. The molecule has 2 rings (SSSR count). The Morgan fingerprint density at radius 3 is 2.50 bits per heavy atom. The summed E-state index contributed by atoms with van der Waals surface area (Å²) in [6.07, 6.45) is 0.557. The second-order valence-electron chi connectivity index (χ2n) is 6.19. The average Bonchev–Trinajstić information content (AvgIpc) is 2.64. The van der Waals surface area contributed by atoms with Crippen LogP contribution in [-0.4, -0.2) is 24.5 Å². The largest absolute Gasteiger partial charge is 0.492 e. The fraction of sp³-hybridized carbons (Fsp3) is 0.300. The van der Waals surface area contributed by atoms with Gasteiger partial charge < -0.3 is 9.47 Å². The van der Waals surface area contributed by atoms with Crippen molar-refractivity contribution in [2.45, 2.75) is 32.8 Å². The molecule has 0 radical (unpaired) electrons. The van der Waals surface area contributed by atoms with Crippen LogP contribution < -0.4 is 20.3 Å². The van der Waals surface area contributed by atoms with E-state index < -0.39 is 5.91 Å². The zero-order chi connectivity index (χ0) is 20.5. The minimum Gasteiger partial charge on any atom is -0.492 e. The summed E-state index contributed by atoms with van der Waals surface area (Å²) >= 11 is 11.8. The molecule has 0 atom stereocenters. The molecule has 0 heterocycles. The Morgan fingerprint density at radius 1 is 1.04 bits per heavy atom. The standard InChI is InChI=1S/C20H22Cl2N2O4/c1-13(2)28-17-7-4-3-6-15(17)20(26)24-23-19(25)8-5-11-27-18-10-9-14(21)12-16(18)22/h3-4,6-7,9-10,12-13H,5,8,11H2,1-2H3,(H,23,25)(H,24,26). The van der Waals surface area contributed by atoms with Crippen molar-refractivity contribution in [3.05, 3.63) is 58.1 Å². The molecule has 0 spiro atoms. The first-order valence-corrected chi connectivity index (χ1v) is 9.55. The van der Waals surface area contributed by atoms with E-state index in [0.29, 0.717) is 40.1 Å². The predicted octanol–water partition coefficient (Wildman–Crippen LogP) is 4.40. The number of benzene rings is 2. The summed E-state index contributed by atoms with van der Waals surface area (Å²) in [5.41, 5.74) is 5.12. The number of ether oxygens (including phenoxy) is 2.